The first-order valence-electron chi connectivity index (χ1n) is 17.1. The first-order valence-corrected chi connectivity index (χ1v) is 18.2. The van der Waals surface area contributed by atoms with Gasteiger partial charge in [0.25, 0.3) is 0 Å². The number of hydrogen-bond donors (Lipinski definition) is 4. The molecule has 3 atom stereocenters. The van der Waals surface area contributed by atoms with E-state index in [0.29, 0.717) is 24.6 Å². The molecular formula is C34H60N4O3S. The average molecular weight is 605 g/mol. The van der Waals surface area contributed by atoms with Gasteiger partial charge in [0.1, 0.15) is 0 Å². The number of carbonyl (C=O) groups excluding carboxylic acids is 3. The number of unbranched alkanes of at least 4 members (excludes halogenated alkanes) is 12. The summed E-state index contributed by atoms with van der Waals surface area (Å²) in [6.45, 7) is 3.68. The molecular weight excluding hydrogens is 544 g/mol. The zero-order chi connectivity index (χ0) is 30.1. The molecule has 0 aromatic carbocycles. The van der Waals surface area contributed by atoms with E-state index in [1.54, 1.807) is 0 Å². The van der Waals surface area contributed by atoms with Crippen LogP contribution >= 0.6 is 11.8 Å². The monoisotopic (exact) mass is 604 g/mol. The summed E-state index contributed by atoms with van der Waals surface area (Å²) in [4.78, 5) is 35.6. The minimum absolute atomic E-state index is 0.0418. The summed E-state index contributed by atoms with van der Waals surface area (Å²) in [5.74, 6) is 1.28. The number of allylic oxidation sites excluding steroid dienone is 4. The largest absolute Gasteiger partial charge is 0.356 e. The molecule has 0 bridgehead atoms. The van der Waals surface area contributed by atoms with Gasteiger partial charge in [0.05, 0.1) is 12.1 Å². The third-order valence-electron chi connectivity index (χ3n) is 8.18. The fourth-order valence-corrected chi connectivity index (χ4v) is 7.15. The molecule has 0 unspecified atom stereocenters. The third kappa shape index (κ3) is 17.9. The van der Waals surface area contributed by atoms with Crippen LogP contribution in [0.3, 0.4) is 0 Å². The predicted octanol–water partition coefficient (Wildman–Crippen LogP) is 7.32. The Balaban J connectivity index is 1.27. The van der Waals surface area contributed by atoms with E-state index in [-0.39, 0.29) is 29.9 Å². The molecule has 2 heterocycles. The van der Waals surface area contributed by atoms with Crippen LogP contribution in [0.5, 0.6) is 0 Å². The predicted molar refractivity (Wildman–Crippen MR) is 178 cm³/mol. The van der Waals surface area contributed by atoms with E-state index >= 15 is 0 Å². The molecule has 0 saturated carbocycles. The first-order chi connectivity index (χ1) is 20.6. The second-order valence-corrected chi connectivity index (χ2v) is 13.2. The minimum Gasteiger partial charge on any atom is -0.356 e. The SMILES string of the molecule is CCCCC/C=C/C/C=C\CCCCCCCCC(=O)NCCCCCNC(=O)CCCC[C@@H]1SC[C@@H]2NC(=O)N[C@@H]21. The van der Waals surface area contributed by atoms with Gasteiger partial charge in [-0.25, -0.2) is 4.79 Å². The van der Waals surface area contributed by atoms with Crippen LogP contribution in [0.25, 0.3) is 0 Å². The van der Waals surface area contributed by atoms with E-state index in [1.165, 1.54) is 57.8 Å². The van der Waals surface area contributed by atoms with Crippen molar-refractivity contribution in [2.75, 3.05) is 18.8 Å². The number of thioether (sulfide) groups is 1. The summed E-state index contributed by atoms with van der Waals surface area (Å²) in [5, 5.41) is 12.5. The molecule has 2 saturated heterocycles. The van der Waals surface area contributed by atoms with Crippen molar-refractivity contribution in [3.05, 3.63) is 24.3 Å². The summed E-state index contributed by atoms with van der Waals surface area (Å²) in [6.07, 6.45) is 30.9. The Kier molecular flexibility index (Phi) is 21.1. The number of nitrogens with one attached hydrogen (secondary N) is 4. The zero-order valence-corrected chi connectivity index (χ0v) is 27.3. The van der Waals surface area contributed by atoms with Gasteiger partial charge in [-0.05, 0) is 70.6 Å². The molecule has 2 rings (SSSR count). The molecule has 0 aromatic rings. The Hall–Kier alpha value is -1.96. The third-order valence-corrected chi connectivity index (χ3v) is 9.69. The van der Waals surface area contributed by atoms with Gasteiger partial charge < -0.3 is 21.3 Å². The van der Waals surface area contributed by atoms with Crippen LogP contribution in [0.15, 0.2) is 24.3 Å². The van der Waals surface area contributed by atoms with Crippen molar-refractivity contribution in [1.29, 1.82) is 0 Å². The van der Waals surface area contributed by atoms with Crippen LogP contribution in [0, 0.1) is 0 Å². The maximum Gasteiger partial charge on any atom is 0.315 e. The number of rotatable bonds is 26. The summed E-state index contributed by atoms with van der Waals surface area (Å²) < 4.78 is 0. The molecule has 4 N–H and O–H groups in total. The molecule has 0 aliphatic carbocycles. The Morgan fingerprint density at radius 3 is 1.98 bits per heavy atom. The Morgan fingerprint density at radius 2 is 1.31 bits per heavy atom. The average Bonchev–Trinajstić information content (AvgIpc) is 3.53. The molecule has 42 heavy (non-hydrogen) atoms. The fraction of sp³-hybridized carbons (Fsp3) is 0.794. The van der Waals surface area contributed by atoms with Crippen molar-refractivity contribution in [2.45, 2.75) is 153 Å². The van der Waals surface area contributed by atoms with E-state index in [0.717, 1.165) is 70.1 Å². The van der Waals surface area contributed by atoms with Crippen LogP contribution in [0.1, 0.15) is 135 Å². The van der Waals surface area contributed by atoms with Crippen molar-refractivity contribution >= 4 is 29.6 Å². The van der Waals surface area contributed by atoms with E-state index in [4.69, 9.17) is 0 Å². The molecule has 0 spiro atoms. The number of hydrogen-bond acceptors (Lipinski definition) is 4. The van der Waals surface area contributed by atoms with Gasteiger partial charge in [-0.3, -0.25) is 9.59 Å². The van der Waals surface area contributed by atoms with Gasteiger partial charge in [-0.1, -0.05) is 76.2 Å². The highest BCUT2D eigenvalue weighted by molar-refractivity contribution is 8.00. The Morgan fingerprint density at radius 1 is 0.738 bits per heavy atom. The van der Waals surface area contributed by atoms with Crippen LogP contribution in [-0.2, 0) is 9.59 Å². The molecule has 2 aliphatic heterocycles. The quantitative estimate of drug-likeness (QED) is 0.0472. The Labute approximate surface area is 260 Å². The van der Waals surface area contributed by atoms with Crippen molar-refractivity contribution < 1.29 is 14.4 Å². The minimum atomic E-state index is -0.0418. The highest BCUT2D eigenvalue weighted by atomic mass is 32.2. The van der Waals surface area contributed by atoms with Crippen molar-refractivity contribution in [3.63, 3.8) is 0 Å². The summed E-state index contributed by atoms with van der Waals surface area (Å²) in [7, 11) is 0. The molecule has 2 fully saturated rings. The molecule has 8 heteroatoms. The second-order valence-electron chi connectivity index (χ2n) is 12.0. The molecule has 0 aromatic heterocycles. The van der Waals surface area contributed by atoms with Gasteiger partial charge in [0, 0.05) is 36.9 Å². The number of amides is 4. The maximum absolute atomic E-state index is 12.1. The lowest BCUT2D eigenvalue weighted by atomic mass is 10.0. The molecule has 2 aliphatic rings. The van der Waals surface area contributed by atoms with E-state index < -0.39 is 0 Å². The Bertz CT molecular complexity index is 804. The van der Waals surface area contributed by atoms with Crippen LogP contribution < -0.4 is 21.3 Å². The standard InChI is InChI=1S/C34H60N4O3S/c1-2-3-4-5-6-7-8-9-10-11-12-13-14-15-16-18-24-31(39)35-26-21-17-22-27-36-32(40)25-20-19-23-30-33-29(28-42-30)37-34(41)38-33/h6-7,9-10,29-30,33H,2-5,8,11-28H2,1H3,(H,35,39)(H,36,40)(H2,37,38,41)/b7-6+,10-9-/t29-,30-,33-/m0/s1. The van der Waals surface area contributed by atoms with Gasteiger partial charge in [-0.15, -0.1) is 0 Å². The van der Waals surface area contributed by atoms with Crippen molar-refractivity contribution in [2.24, 2.45) is 0 Å². The molecule has 7 nitrogen and oxygen atoms in total. The summed E-state index contributed by atoms with van der Waals surface area (Å²) in [5.41, 5.74) is 0. The highest BCUT2D eigenvalue weighted by Crippen LogP contribution is 2.33. The zero-order valence-electron chi connectivity index (χ0n) is 26.4. The lowest BCUT2D eigenvalue weighted by Gasteiger charge is -2.16. The van der Waals surface area contributed by atoms with Crippen molar-refractivity contribution in [1.82, 2.24) is 21.3 Å². The molecule has 4 amide bonds. The topological polar surface area (TPSA) is 99.3 Å². The van der Waals surface area contributed by atoms with Crippen LogP contribution in [0.4, 0.5) is 4.79 Å². The highest BCUT2D eigenvalue weighted by Gasteiger charge is 2.42. The number of urea groups is 1. The molecule has 240 valence electrons. The van der Waals surface area contributed by atoms with Gasteiger partial charge >= 0.3 is 6.03 Å². The normalized spacial score (nSPS) is 19.7. The van der Waals surface area contributed by atoms with Gasteiger partial charge in [0.15, 0.2) is 0 Å². The molecule has 0 radical (unpaired) electrons. The maximum atomic E-state index is 12.1. The van der Waals surface area contributed by atoms with Crippen LogP contribution in [0.2, 0.25) is 0 Å². The van der Waals surface area contributed by atoms with Gasteiger partial charge in [-0.2, -0.15) is 11.8 Å². The van der Waals surface area contributed by atoms with Crippen LogP contribution in [-0.4, -0.2) is 54.0 Å². The smallest absolute Gasteiger partial charge is 0.315 e. The number of carbonyl (C=O) groups is 3. The first kappa shape index (κ1) is 36.2. The van der Waals surface area contributed by atoms with Crippen molar-refractivity contribution in [3.8, 4) is 0 Å². The lowest BCUT2D eigenvalue weighted by molar-refractivity contribution is -0.121. The summed E-state index contributed by atoms with van der Waals surface area (Å²) in [6, 6.07) is 0.473. The van der Waals surface area contributed by atoms with E-state index in [9.17, 15) is 14.4 Å². The van der Waals surface area contributed by atoms with E-state index in [1.807, 2.05) is 11.8 Å². The lowest BCUT2D eigenvalue weighted by Crippen LogP contribution is -2.36. The van der Waals surface area contributed by atoms with E-state index in [2.05, 4.69) is 52.5 Å². The summed E-state index contributed by atoms with van der Waals surface area (Å²) >= 11 is 1.93. The number of fused-ring (bicyclic) bond motifs is 1. The second kappa shape index (κ2) is 24.5. The van der Waals surface area contributed by atoms with Gasteiger partial charge in [0.2, 0.25) is 11.8 Å². The fourth-order valence-electron chi connectivity index (χ4n) is 5.61.